The van der Waals surface area contributed by atoms with Crippen LogP contribution in [0.2, 0.25) is 0 Å². The molecule has 2 heterocycles. The van der Waals surface area contributed by atoms with E-state index >= 15 is 0 Å². The molecule has 1 aliphatic rings. The Morgan fingerprint density at radius 1 is 1.43 bits per heavy atom. The van der Waals surface area contributed by atoms with Crippen molar-refractivity contribution in [2.24, 2.45) is 0 Å². The summed E-state index contributed by atoms with van der Waals surface area (Å²) in [7, 11) is 0. The number of nitrogens with two attached hydrogens (primary N) is 1. The Balaban J connectivity index is 1.76. The second-order valence-electron chi connectivity index (χ2n) is 4.89. The summed E-state index contributed by atoms with van der Waals surface area (Å²) in [6.45, 7) is 2.68. The number of aryl methyl sites for hydroxylation is 1. The average molecular weight is 320 g/mol. The number of fused-ring (bicyclic) bond motifs is 1. The number of carbonyl (C=O) groups is 1. The molecule has 1 aromatic carbocycles. The SMILES string of the molecule is CC(Sc1nnc(N)s1)C(=O)N1CCCc2ccccc21. The second kappa shape index (κ2) is 6.03. The molecule has 0 fully saturated rings. The van der Waals surface area contributed by atoms with Gasteiger partial charge in [0.1, 0.15) is 0 Å². The Hall–Kier alpha value is -1.60. The van der Waals surface area contributed by atoms with Gasteiger partial charge in [-0.2, -0.15) is 0 Å². The third-order valence-electron chi connectivity index (χ3n) is 3.42. The van der Waals surface area contributed by atoms with Gasteiger partial charge in [0.2, 0.25) is 11.0 Å². The molecule has 0 radical (unpaired) electrons. The topological polar surface area (TPSA) is 72.1 Å². The van der Waals surface area contributed by atoms with Crippen LogP contribution >= 0.6 is 23.1 Å². The van der Waals surface area contributed by atoms with Gasteiger partial charge in [-0.05, 0) is 31.4 Å². The maximum Gasteiger partial charge on any atom is 0.240 e. The summed E-state index contributed by atoms with van der Waals surface area (Å²) in [6.07, 6.45) is 2.04. The van der Waals surface area contributed by atoms with Crippen LogP contribution < -0.4 is 10.6 Å². The first-order chi connectivity index (χ1) is 10.1. The summed E-state index contributed by atoms with van der Waals surface area (Å²) in [6, 6.07) is 8.12. The van der Waals surface area contributed by atoms with Crippen molar-refractivity contribution in [3.8, 4) is 0 Å². The normalized spacial score (nSPS) is 15.6. The number of hydrogen-bond acceptors (Lipinski definition) is 6. The van der Waals surface area contributed by atoms with Crippen LogP contribution in [-0.2, 0) is 11.2 Å². The van der Waals surface area contributed by atoms with E-state index in [2.05, 4.69) is 16.3 Å². The van der Waals surface area contributed by atoms with Crippen LogP contribution in [0.3, 0.4) is 0 Å². The first-order valence-electron chi connectivity index (χ1n) is 6.80. The summed E-state index contributed by atoms with van der Waals surface area (Å²) in [5.41, 5.74) is 7.86. The minimum Gasteiger partial charge on any atom is -0.374 e. The second-order valence-corrected chi connectivity index (χ2v) is 7.49. The van der Waals surface area contributed by atoms with Crippen molar-refractivity contribution in [1.29, 1.82) is 0 Å². The molecule has 1 aromatic heterocycles. The third kappa shape index (κ3) is 3.03. The smallest absolute Gasteiger partial charge is 0.240 e. The Morgan fingerprint density at radius 3 is 3.00 bits per heavy atom. The first-order valence-corrected chi connectivity index (χ1v) is 8.49. The minimum absolute atomic E-state index is 0.112. The van der Waals surface area contributed by atoms with Gasteiger partial charge in [-0.3, -0.25) is 4.79 Å². The fourth-order valence-corrected chi connectivity index (χ4v) is 4.29. The van der Waals surface area contributed by atoms with Crippen LogP contribution in [0.4, 0.5) is 10.8 Å². The number of carbonyl (C=O) groups excluding carboxylic acids is 1. The van der Waals surface area contributed by atoms with Crippen molar-refractivity contribution in [2.75, 3.05) is 17.2 Å². The van der Waals surface area contributed by atoms with Crippen molar-refractivity contribution in [2.45, 2.75) is 29.4 Å². The Morgan fingerprint density at radius 2 is 2.24 bits per heavy atom. The van der Waals surface area contributed by atoms with E-state index in [0.717, 1.165) is 29.4 Å². The van der Waals surface area contributed by atoms with Crippen molar-refractivity contribution < 1.29 is 4.79 Å². The summed E-state index contributed by atoms with van der Waals surface area (Å²) < 4.78 is 0.735. The van der Waals surface area contributed by atoms with Gasteiger partial charge in [0.05, 0.1) is 5.25 Å². The predicted octanol–water partition coefficient (Wildman–Crippen LogP) is 2.58. The summed E-state index contributed by atoms with van der Waals surface area (Å²) in [5.74, 6) is 0.112. The molecule has 1 aliphatic heterocycles. The van der Waals surface area contributed by atoms with E-state index in [1.165, 1.54) is 28.7 Å². The average Bonchev–Trinajstić information content (AvgIpc) is 2.91. The van der Waals surface area contributed by atoms with Crippen molar-refractivity contribution in [3.63, 3.8) is 0 Å². The quantitative estimate of drug-likeness (QED) is 0.880. The number of nitrogens with zero attached hydrogens (tertiary/aromatic N) is 3. The molecule has 1 unspecified atom stereocenters. The highest BCUT2D eigenvalue weighted by Gasteiger charge is 2.27. The molecule has 21 heavy (non-hydrogen) atoms. The zero-order valence-corrected chi connectivity index (χ0v) is 13.3. The molecule has 2 N–H and O–H groups in total. The zero-order chi connectivity index (χ0) is 14.8. The van der Waals surface area contributed by atoms with Crippen LogP contribution in [0.5, 0.6) is 0 Å². The van der Waals surface area contributed by atoms with Gasteiger partial charge in [-0.1, -0.05) is 41.3 Å². The van der Waals surface area contributed by atoms with Gasteiger partial charge in [-0.15, -0.1) is 10.2 Å². The van der Waals surface area contributed by atoms with E-state index in [4.69, 9.17) is 5.73 Å². The molecule has 5 nitrogen and oxygen atoms in total. The van der Waals surface area contributed by atoms with Crippen molar-refractivity contribution in [3.05, 3.63) is 29.8 Å². The summed E-state index contributed by atoms with van der Waals surface area (Å²) >= 11 is 2.73. The maximum absolute atomic E-state index is 12.7. The molecule has 1 atom stereocenters. The number of benzene rings is 1. The van der Waals surface area contributed by atoms with E-state index < -0.39 is 0 Å². The standard InChI is InChI=1S/C14H16N4OS2/c1-9(20-14-17-16-13(15)21-14)12(19)18-8-4-6-10-5-2-3-7-11(10)18/h2-3,5,7,9H,4,6,8H2,1H3,(H2,15,16). The molecule has 0 saturated heterocycles. The molecule has 2 aromatic rings. The number of hydrogen-bond donors (Lipinski definition) is 1. The number of nitrogen functional groups attached to an aromatic ring is 1. The lowest BCUT2D eigenvalue weighted by Gasteiger charge is -2.31. The number of anilines is 2. The van der Waals surface area contributed by atoms with Gasteiger partial charge in [0.25, 0.3) is 0 Å². The summed E-state index contributed by atoms with van der Waals surface area (Å²) in [5, 5.41) is 7.97. The number of amides is 1. The molecule has 0 bridgehead atoms. The Bertz CT molecular complexity index is 658. The minimum atomic E-state index is -0.205. The van der Waals surface area contributed by atoms with Gasteiger partial charge in [0, 0.05) is 12.2 Å². The number of para-hydroxylation sites is 1. The lowest BCUT2D eigenvalue weighted by Crippen LogP contribution is -2.40. The number of aromatic nitrogens is 2. The monoisotopic (exact) mass is 320 g/mol. The fraction of sp³-hybridized carbons (Fsp3) is 0.357. The van der Waals surface area contributed by atoms with Crippen LogP contribution in [0.25, 0.3) is 0 Å². The van der Waals surface area contributed by atoms with E-state index in [0.29, 0.717) is 5.13 Å². The molecule has 3 rings (SSSR count). The lowest BCUT2D eigenvalue weighted by molar-refractivity contribution is -0.117. The van der Waals surface area contributed by atoms with Crippen LogP contribution in [0.1, 0.15) is 18.9 Å². The molecule has 7 heteroatoms. The molecule has 110 valence electrons. The maximum atomic E-state index is 12.7. The van der Waals surface area contributed by atoms with Crippen LogP contribution in [0.15, 0.2) is 28.6 Å². The summed E-state index contributed by atoms with van der Waals surface area (Å²) in [4.78, 5) is 14.6. The fourth-order valence-electron chi connectivity index (χ4n) is 2.45. The highest BCUT2D eigenvalue weighted by molar-refractivity contribution is 8.02. The van der Waals surface area contributed by atoms with Gasteiger partial charge in [-0.25, -0.2) is 0 Å². The highest BCUT2D eigenvalue weighted by Crippen LogP contribution is 2.32. The molecule has 0 saturated carbocycles. The third-order valence-corrected chi connectivity index (χ3v) is 5.35. The Labute approximate surface area is 131 Å². The number of thioether (sulfide) groups is 1. The highest BCUT2D eigenvalue weighted by atomic mass is 32.2. The van der Waals surface area contributed by atoms with E-state index in [1.807, 2.05) is 30.0 Å². The molecule has 1 amide bonds. The zero-order valence-electron chi connectivity index (χ0n) is 11.7. The molecule has 0 aliphatic carbocycles. The molecular formula is C14H16N4OS2. The van der Waals surface area contributed by atoms with Crippen molar-refractivity contribution >= 4 is 39.8 Å². The van der Waals surface area contributed by atoms with Crippen LogP contribution in [-0.4, -0.2) is 27.9 Å². The first kappa shape index (κ1) is 14.3. The Kier molecular flexibility index (Phi) is 4.12. The predicted molar refractivity (Wildman–Crippen MR) is 86.8 cm³/mol. The van der Waals surface area contributed by atoms with E-state index in [9.17, 15) is 4.79 Å². The molecule has 0 spiro atoms. The van der Waals surface area contributed by atoms with Crippen molar-refractivity contribution in [1.82, 2.24) is 10.2 Å². The largest absolute Gasteiger partial charge is 0.374 e. The van der Waals surface area contributed by atoms with E-state index in [1.54, 1.807) is 0 Å². The number of rotatable bonds is 3. The van der Waals surface area contributed by atoms with Gasteiger partial charge < -0.3 is 10.6 Å². The van der Waals surface area contributed by atoms with Gasteiger partial charge >= 0.3 is 0 Å². The lowest BCUT2D eigenvalue weighted by atomic mass is 10.0. The van der Waals surface area contributed by atoms with E-state index in [-0.39, 0.29) is 11.2 Å². The molecular weight excluding hydrogens is 304 g/mol. The van der Waals surface area contributed by atoms with Crippen LogP contribution in [0, 0.1) is 0 Å². The van der Waals surface area contributed by atoms with Gasteiger partial charge in [0.15, 0.2) is 4.34 Å².